The van der Waals surface area contributed by atoms with Crippen LogP contribution in [-0.2, 0) is 4.74 Å². The number of hydrogen-bond donors (Lipinski definition) is 0. The molecule has 1 rings (SSSR count). The van der Waals surface area contributed by atoms with Crippen LogP contribution < -0.4 is 4.74 Å². The lowest BCUT2D eigenvalue weighted by molar-refractivity contribution is -0.175. The maximum absolute atomic E-state index is 11.7. The van der Waals surface area contributed by atoms with Crippen molar-refractivity contribution in [3.63, 3.8) is 0 Å². The summed E-state index contributed by atoms with van der Waals surface area (Å²) in [4.78, 5) is 0. The Morgan fingerprint density at radius 3 is 2.10 bits per heavy atom. The molecule has 0 atom stereocenters. The van der Waals surface area contributed by atoms with Gasteiger partial charge in [0, 0.05) is 0 Å². The van der Waals surface area contributed by atoms with Gasteiger partial charge < -0.3 is 9.47 Å². The van der Waals surface area contributed by atoms with Crippen molar-refractivity contribution in [2.45, 2.75) is 40.8 Å². The van der Waals surface area contributed by atoms with E-state index in [-0.39, 0.29) is 13.2 Å². The van der Waals surface area contributed by atoms with Crippen molar-refractivity contribution in [1.29, 1.82) is 0 Å². The summed E-state index contributed by atoms with van der Waals surface area (Å²) in [6.45, 7) is 8.50. The molecular weight excluding hydrogens is 305 g/mol. The monoisotopic (exact) mass is 328 g/mol. The molecule has 0 bridgehead atoms. The van der Waals surface area contributed by atoms with Crippen LogP contribution in [0.25, 0.3) is 0 Å². The van der Waals surface area contributed by atoms with Crippen molar-refractivity contribution in [1.82, 2.24) is 0 Å². The van der Waals surface area contributed by atoms with Gasteiger partial charge in [-0.15, -0.1) is 0 Å². The molecule has 124 valence electrons. The van der Waals surface area contributed by atoms with E-state index in [1.54, 1.807) is 18.2 Å². The van der Waals surface area contributed by atoms with E-state index in [1.807, 2.05) is 34.6 Å². The number of halogens is 4. The van der Waals surface area contributed by atoms with Crippen molar-refractivity contribution in [3.05, 3.63) is 28.8 Å². The third-order valence-electron chi connectivity index (χ3n) is 1.84. The lowest BCUT2D eigenvalue weighted by Gasteiger charge is -2.10. The highest BCUT2D eigenvalue weighted by Crippen LogP contribution is 2.25. The number of hydrogen-bond acceptors (Lipinski definition) is 2. The molecule has 0 unspecified atom stereocenters. The fourth-order valence-corrected chi connectivity index (χ4v) is 1.41. The smallest absolute Gasteiger partial charge is 0.411 e. The zero-order valence-electron chi connectivity index (χ0n) is 13.2. The van der Waals surface area contributed by atoms with Crippen LogP contribution in [0.2, 0.25) is 5.02 Å². The van der Waals surface area contributed by atoms with Crippen molar-refractivity contribution in [2.24, 2.45) is 0 Å². The molecule has 0 saturated heterocycles. The van der Waals surface area contributed by atoms with Crippen molar-refractivity contribution < 1.29 is 22.6 Å². The molecule has 6 heteroatoms. The Labute approximate surface area is 130 Å². The highest BCUT2D eigenvalue weighted by Gasteiger charge is 2.27. The molecule has 0 aliphatic carbocycles. The van der Waals surface area contributed by atoms with E-state index >= 15 is 0 Å². The Morgan fingerprint density at radius 2 is 1.62 bits per heavy atom. The molecule has 0 aliphatic rings. The second-order valence-electron chi connectivity index (χ2n) is 3.45. The summed E-state index contributed by atoms with van der Waals surface area (Å²) in [5.41, 5.74) is 0.982. The largest absolute Gasteiger partial charge is 0.490 e. The third-order valence-corrected chi connectivity index (χ3v) is 2.13. The Balaban J connectivity index is 0. The number of rotatable bonds is 5. The first-order valence-electron chi connectivity index (χ1n) is 6.92. The number of benzene rings is 1. The molecule has 0 spiro atoms. The summed E-state index contributed by atoms with van der Waals surface area (Å²) >= 11 is 5.87. The van der Waals surface area contributed by atoms with Gasteiger partial charge in [0.25, 0.3) is 0 Å². The van der Waals surface area contributed by atoms with E-state index in [0.29, 0.717) is 10.8 Å². The maximum atomic E-state index is 11.7. The van der Waals surface area contributed by atoms with E-state index < -0.39 is 12.8 Å². The fourth-order valence-electron chi connectivity index (χ4n) is 1.12. The second kappa shape index (κ2) is 12.8. The summed E-state index contributed by atoms with van der Waals surface area (Å²) in [5.74, 6) is 0.438. The molecule has 0 aliphatic heterocycles. The zero-order chi connectivity index (χ0) is 16.9. The number of aryl methyl sites for hydroxylation is 1. The minimum atomic E-state index is -4.30. The normalized spacial score (nSPS) is 9.95. The molecule has 0 aromatic heterocycles. The minimum absolute atomic E-state index is 0.0266. The molecule has 1 aromatic rings. The Bertz CT molecular complexity index is 368. The number of alkyl halides is 3. The topological polar surface area (TPSA) is 18.5 Å². The predicted molar refractivity (Wildman–Crippen MR) is 81.3 cm³/mol. The van der Waals surface area contributed by atoms with Gasteiger partial charge >= 0.3 is 6.18 Å². The highest BCUT2D eigenvalue weighted by molar-refractivity contribution is 6.32. The third kappa shape index (κ3) is 12.5. The summed E-state index contributed by atoms with van der Waals surface area (Å²) in [6, 6.07) is 5.19. The molecule has 2 nitrogen and oxygen atoms in total. The summed E-state index contributed by atoms with van der Waals surface area (Å²) in [7, 11) is 0. The maximum Gasteiger partial charge on any atom is 0.411 e. The molecule has 0 heterocycles. The first-order chi connectivity index (χ1) is 9.88. The van der Waals surface area contributed by atoms with Gasteiger partial charge in [0.05, 0.1) is 11.6 Å². The lowest BCUT2D eigenvalue weighted by atomic mass is 10.2. The summed E-state index contributed by atoms with van der Waals surface area (Å²) < 4.78 is 44.8. The average Bonchev–Trinajstić information content (AvgIpc) is 2.44. The van der Waals surface area contributed by atoms with E-state index in [0.717, 1.165) is 5.56 Å². The zero-order valence-corrected chi connectivity index (χ0v) is 13.9. The van der Waals surface area contributed by atoms with Gasteiger partial charge in [-0.25, -0.2) is 0 Å². The van der Waals surface area contributed by atoms with Crippen LogP contribution in [0, 0.1) is 6.92 Å². The standard InChI is InChI=1S/C11H12ClF3O2.2C2H6/c1-8-2-3-10(9(12)6-8)17-5-4-16-7-11(13,14)15;2*1-2/h2-3,6H,4-5,7H2,1H3;2*1-2H3. The molecule has 0 radical (unpaired) electrons. The van der Waals surface area contributed by atoms with Crippen molar-refractivity contribution in [2.75, 3.05) is 19.8 Å². The van der Waals surface area contributed by atoms with Crippen LogP contribution in [0.3, 0.4) is 0 Å². The van der Waals surface area contributed by atoms with Gasteiger partial charge in [-0.3, -0.25) is 0 Å². The van der Waals surface area contributed by atoms with Crippen molar-refractivity contribution >= 4 is 11.6 Å². The first-order valence-corrected chi connectivity index (χ1v) is 7.30. The quantitative estimate of drug-likeness (QED) is 0.649. The second-order valence-corrected chi connectivity index (χ2v) is 3.86. The summed E-state index contributed by atoms with van der Waals surface area (Å²) in [5, 5.41) is 0.431. The van der Waals surface area contributed by atoms with Gasteiger partial charge in [0.2, 0.25) is 0 Å². The molecule has 0 amide bonds. The molecule has 1 aromatic carbocycles. The Kier molecular flexibility index (Phi) is 13.6. The fraction of sp³-hybridized carbons (Fsp3) is 0.600. The number of ether oxygens (including phenoxy) is 2. The van der Waals surface area contributed by atoms with Crippen LogP contribution in [0.5, 0.6) is 5.75 Å². The van der Waals surface area contributed by atoms with Crippen LogP contribution in [-0.4, -0.2) is 26.0 Å². The van der Waals surface area contributed by atoms with E-state index in [2.05, 4.69) is 4.74 Å². The highest BCUT2D eigenvalue weighted by atomic mass is 35.5. The molecular formula is C15H24ClF3O2. The average molecular weight is 329 g/mol. The van der Waals surface area contributed by atoms with Gasteiger partial charge in [0.15, 0.2) is 0 Å². The van der Waals surface area contributed by atoms with Crippen LogP contribution in [0.4, 0.5) is 13.2 Å². The van der Waals surface area contributed by atoms with Gasteiger partial charge in [-0.1, -0.05) is 45.4 Å². The van der Waals surface area contributed by atoms with Crippen LogP contribution in [0.15, 0.2) is 18.2 Å². The van der Waals surface area contributed by atoms with E-state index in [1.165, 1.54) is 0 Å². The Morgan fingerprint density at radius 1 is 1.05 bits per heavy atom. The molecule has 0 N–H and O–H groups in total. The minimum Gasteiger partial charge on any atom is -0.490 e. The SMILES string of the molecule is CC.CC.Cc1ccc(OCCOCC(F)(F)F)c(Cl)c1. The van der Waals surface area contributed by atoms with Crippen LogP contribution >= 0.6 is 11.6 Å². The van der Waals surface area contributed by atoms with Crippen molar-refractivity contribution in [3.8, 4) is 5.75 Å². The molecule has 21 heavy (non-hydrogen) atoms. The molecule has 0 fully saturated rings. The van der Waals surface area contributed by atoms with Gasteiger partial charge in [-0.05, 0) is 24.6 Å². The summed E-state index contributed by atoms with van der Waals surface area (Å²) in [6.07, 6.45) is -4.30. The lowest BCUT2D eigenvalue weighted by Crippen LogP contribution is -2.19. The van der Waals surface area contributed by atoms with Gasteiger partial charge in [0.1, 0.15) is 19.0 Å². The first kappa shape index (κ1) is 22.3. The van der Waals surface area contributed by atoms with Crippen LogP contribution in [0.1, 0.15) is 33.3 Å². The molecule has 0 saturated carbocycles. The predicted octanol–water partition coefficient (Wildman–Crippen LogP) is 5.66. The van der Waals surface area contributed by atoms with Gasteiger partial charge in [-0.2, -0.15) is 13.2 Å². The van der Waals surface area contributed by atoms with E-state index in [4.69, 9.17) is 16.3 Å². The van der Waals surface area contributed by atoms with E-state index in [9.17, 15) is 13.2 Å². The Hall–Kier alpha value is -0.940.